The van der Waals surface area contributed by atoms with Crippen molar-refractivity contribution in [3.8, 4) is 5.75 Å². The average Bonchev–Trinajstić information content (AvgIpc) is 3.03. The van der Waals surface area contributed by atoms with E-state index < -0.39 is 12.0 Å². The highest BCUT2D eigenvalue weighted by atomic mass is 19.4. The number of aryl methyl sites for hydroxylation is 1. The zero-order chi connectivity index (χ0) is 25.5. The summed E-state index contributed by atoms with van der Waals surface area (Å²) in [5.41, 5.74) is 3.78. The summed E-state index contributed by atoms with van der Waals surface area (Å²) < 4.78 is 43.8. The molecule has 1 aromatic heterocycles. The Balaban J connectivity index is 1.74. The second-order valence-electron chi connectivity index (χ2n) is 10.8. The minimum Gasteiger partial charge on any atom is -0.406 e. The Morgan fingerprint density at radius 1 is 1.06 bits per heavy atom. The fraction of sp³-hybridized carbons (Fsp3) is 0.519. The topological polar surface area (TPSA) is 59.3 Å². The number of hydrogen-bond acceptors (Lipinski definition) is 4. The summed E-state index contributed by atoms with van der Waals surface area (Å²) in [6.45, 7) is 10.2. The van der Waals surface area contributed by atoms with Gasteiger partial charge in [-0.1, -0.05) is 13.8 Å². The summed E-state index contributed by atoms with van der Waals surface area (Å²) in [5.74, 6) is 1.57. The van der Waals surface area contributed by atoms with Gasteiger partial charge in [-0.15, -0.1) is 13.2 Å². The quantitative estimate of drug-likeness (QED) is 0.381. The monoisotopic (exact) mass is 489 g/mol. The van der Waals surface area contributed by atoms with Crippen LogP contribution >= 0.6 is 0 Å². The smallest absolute Gasteiger partial charge is 0.406 e. The van der Waals surface area contributed by atoms with Gasteiger partial charge in [0, 0.05) is 18.2 Å². The van der Waals surface area contributed by atoms with Crippen LogP contribution in [0.3, 0.4) is 0 Å². The number of anilines is 2. The number of nitrogens with one attached hydrogen (secondary N) is 1. The van der Waals surface area contributed by atoms with Gasteiger partial charge in [-0.2, -0.15) is 0 Å². The SMILES string of the molecule is Cc1cc2c(cc1CC(C)(C)O)nc(Nc1ccc(OC(F)(F)F)cc1)n2C1CC(C)CC(C)C1. The molecule has 1 saturated carbocycles. The van der Waals surface area contributed by atoms with Crippen LogP contribution in [0.5, 0.6) is 5.75 Å². The molecule has 1 aliphatic carbocycles. The molecule has 0 aliphatic heterocycles. The number of alkyl halides is 3. The van der Waals surface area contributed by atoms with E-state index in [0.717, 1.165) is 35.0 Å². The third kappa shape index (κ3) is 6.28. The number of rotatable bonds is 6. The first-order chi connectivity index (χ1) is 16.3. The van der Waals surface area contributed by atoms with Crippen LogP contribution in [0.25, 0.3) is 11.0 Å². The van der Waals surface area contributed by atoms with E-state index in [4.69, 9.17) is 4.98 Å². The average molecular weight is 490 g/mol. The molecule has 1 fully saturated rings. The molecule has 0 saturated heterocycles. The van der Waals surface area contributed by atoms with Gasteiger partial charge < -0.3 is 19.7 Å². The van der Waals surface area contributed by atoms with Crippen molar-refractivity contribution in [2.24, 2.45) is 11.8 Å². The molecule has 3 aromatic rings. The van der Waals surface area contributed by atoms with Crippen LogP contribution in [0, 0.1) is 18.8 Å². The van der Waals surface area contributed by atoms with Crippen molar-refractivity contribution in [3.63, 3.8) is 0 Å². The number of ether oxygens (including phenoxy) is 1. The number of imidazole rings is 1. The number of halogens is 3. The predicted octanol–water partition coefficient (Wildman–Crippen LogP) is 7.30. The van der Waals surface area contributed by atoms with Crippen molar-refractivity contribution in [1.82, 2.24) is 9.55 Å². The molecule has 4 rings (SSSR count). The maximum atomic E-state index is 12.5. The Kier molecular flexibility index (Phi) is 6.79. The second-order valence-corrected chi connectivity index (χ2v) is 10.8. The minimum absolute atomic E-state index is 0.258. The summed E-state index contributed by atoms with van der Waals surface area (Å²) in [6.07, 6.45) is -0.944. The highest BCUT2D eigenvalue weighted by molar-refractivity contribution is 5.82. The third-order valence-corrected chi connectivity index (χ3v) is 6.63. The van der Waals surface area contributed by atoms with Crippen LogP contribution in [0.2, 0.25) is 0 Å². The van der Waals surface area contributed by atoms with E-state index in [9.17, 15) is 18.3 Å². The van der Waals surface area contributed by atoms with E-state index in [1.54, 1.807) is 26.0 Å². The minimum atomic E-state index is -4.73. The normalized spacial score (nSPS) is 21.3. The lowest BCUT2D eigenvalue weighted by atomic mass is 9.80. The molecule has 0 spiro atoms. The van der Waals surface area contributed by atoms with Gasteiger partial charge in [-0.25, -0.2) is 4.98 Å². The van der Waals surface area contributed by atoms with Crippen LogP contribution in [0.4, 0.5) is 24.8 Å². The van der Waals surface area contributed by atoms with Crippen LogP contribution in [-0.2, 0) is 6.42 Å². The Morgan fingerprint density at radius 2 is 1.69 bits per heavy atom. The molecule has 5 nitrogen and oxygen atoms in total. The van der Waals surface area contributed by atoms with Gasteiger partial charge in [0.1, 0.15) is 5.75 Å². The summed E-state index contributed by atoms with van der Waals surface area (Å²) >= 11 is 0. The summed E-state index contributed by atoms with van der Waals surface area (Å²) in [5, 5.41) is 13.7. The van der Waals surface area contributed by atoms with Crippen molar-refractivity contribution >= 4 is 22.7 Å². The van der Waals surface area contributed by atoms with Gasteiger partial charge in [0.15, 0.2) is 0 Å². The first-order valence-electron chi connectivity index (χ1n) is 12.1. The van der Waals surface area contributed by atoms with E-state index in [0.29, 0.717) is 29.9 Å². The zero-order valence-electron chi connectivity index (χ0n) is 20.9. The van der Waals surface area contributed by atoms with Gasteiger partial charge in [0.05, 0.1) is 16.6 Å². The van der Waals surface area contributed by atoms with Gasteiger partial charge in [0.2, 0.25) is 5.95 Å². The Bertz CT molecular complexity index is 1170. The lowest BCUT2D eigenvalue weighted by Gasteiger charge is -2.33. The Hall–Kier alpha value is -2.74. The molecular formula is C27H34F3N3O2. The van der Waals surface area contributed by atoms with Crippen molar-refractivity contribution in [2.75, 3.05) is 5.32 Å². The van der Waals surface area contributed by atoms with E-state index >= 15 is 0 Å². The number of aromatic nitrogens is 2. The fourth-order valence-corrected chi connectivity index (χ4v) is 5.39. The largest absolute Gasteiger partial charge is 0.573 e. The number of fused-ring (bicyclic) bond motifs is 1. The molecule has 2 unspecified atom stereocenters. The first-order valence-corrected chi connectivity index (χ1v) is 12.1. The molecule has 0 bridgehead atoms. The maximum absolute atomic E-state index is 12.5. The zero-order valence-corrected chi connectivity index (χ0v) is 20.9. The van der Waals surface area contributed by atoms with E-state index in [1.165, 1.54) is 18.6 Å². The third-order valence-electron chi connectivity index (χ3n) is 6.63. The molecule has 0 radical (unpaired) electrons. The van der Waals surface area contributed by atoms with Gasteiger partial charge in [0.25, 0.3) is 0 Å². The van der Waals surface area contributed by atoms with Crippen molar-refractivity contribution in [3.05, 3.63) is 47.5 Å². The Labute approximate surface area is 204 Å². The molecule has 190 valence electrons. The highest BCUT2D eigenvalue weighted by Crippen LogP contribution is 2.40. The fourth-order valence-electron chi connectivity index (χ4n) is 5.39. The summed E-state index contributed by atoms with van der Waals surface area (Å²) in [7, 11) is 0. The van der Waals surface area contributed by atoms with E-state index in [-0.39, 0.29) is 11.8 Å². The molecule has 2 atom stereocenters. The van der Waals surface area contributed by atoms with Crippen molar-refractivity contribution in [1.29, 1.82) is 0 Å². The highest BCUT2D eigenvalue weighted by Gasteiger charge is 2.31. The number of aliphatic hydroxyl groups is 1. The molecule has 8 heteroatoms. The van der Waals surface area contributed by atoms with Crippen molar-refractivity contribution < 1.29 is 23.0 Å². The van der Waals surface area contributed by atoms with Gasteiger partial charge in [-0.05, 0) is 99.4 Å². The van der Waals surface area contributed by atoms with Crippen LogP contribution in [0.15, 0.2) is 36.4 Å². The van der Waals surface area contributed by atoms with Crippen molar-refractivity contribution in [2.45, 2.75) is 78.3 Å². The molecular weight excluding hydrogens is 455 g/mol. The van der Waals surface area contributed by atoms with Crippen LogP contribution in [0.1, 0.15) is 64.1 Å². The van der Waals surface area contributed by atoms with E-state index in [1.807, 2.05) is 6.07 Å². The maximum Gasteiger partial charge on any atom is 0.573 e. The van der Waals surface area contributed by atoms with Gasteiger partial charge >= 0.3 is 6.36 Å². The number of hydrogen-bond donors (Lipinski definition) is 2. The van der Waals surface area contributed by atoms with E-state index in [2.05, 4.69) is 41.5 Å². The molecule has 2 aromatic carbocycles. The molecule has 1 heterocycles. The molecule has 1 aliphatic rings. The molecule has 35 heavy (non-hydrogen) atoms. The molecule has 0 amide bonds. The Morgan fingerprint density at radius 3 is 2.26 bits per heavy atom. The van der Waals surface area contributed by atoms with Gasteiger partial charge in [-0.3, -0.25) is 0 Å². The van der Waals surface area contributed by atoms with Crippen LogP contribution in [-0.4, -0.2) is 26.6 Å². The number of benzene rings is 2. The number of nitrogens with zero attached hydrogens (tertiary/aromatic N) is 2. The second kappa shape index (κ2) is 9.37. The lowest BCUT2D eigenvalue weighted by molar-refractivity contribution is -0.274. The summed E-state index contributed by atoms with van der Waals surface area (Å²) in [4.78, 5) is 4.91. The molecule has 2 N–H and O–H groups in total. The lowest BCUT2D eigenvalue weighted by Crippen LogP contribution is -2.23. The van der Waals surface area contributed by atoms with Crippen LogP contribution < -0.4 is 10.1 Å². The predicted molar refractivity (Wildman–Crippen MR) is 132 cm³/mol. The standard InChI is InChI=1S/C27H34F3N3O2/c1-16-10-17(2)12-21(11-16)33-24-13-18(3)19(15-26(4,5)34)14-23(24)32-25(33)31-20-6-8-22(9-7-20)35-27(28,29)30/h6-9,13-14,16-17,21,34H,10-12,15H2,1-5H3,(H,31,32). The first kappa shape index (κ1) is 25.4. The summed E-state index contributed by atoms with van der Waals surface area (Å²) in [6, 6.07) is 10.1.